The number of nitriles is 1. The summed E-state index contributed by atoms with van der Waals surface area (Å²) in [6.07, 6.45) is 1.46. The molecule has 1 heterocycles. The van der Waals surface area contributed by atoms with Crippen LogP contribution in [0.5, 0.6) is 0 Å². The van der Waals surface area contributed by atoms with Gasteiger partial charge in [-0.25, -0.2) is 0 Å². The van der Waals surface area contributed by atoms with Crippen LogP contribution in [0, 0.1) is 11.3 Å². The molecule has 2 atom stereocenters. The van der Waals surface area contributed by atoms with Crippen LogP contribution in [0.1, 0.15) is 38.3 Å². The number of nitrogens with one attached hydrogen (secondary N) is 1. The quantitative estimate of drug-likeness (QED) is 0.743. The van der Waals surface area contributed by atoms with Gasteiger partial charge in [-0.15, -0.1) is 0 Å². The van der Waals surface area contributed by atoms with Gasteiger partial charge < -0.3 is 5.32 Å². The summed E-state index contributed by atoms with van der Waals surface area (Å²) in [5.41, 5.74) is 1.34. The van der Waals surface area contributed by atoms with Crippen LogP contribution >= 0.6 is 0 Å². The van der Waals surface area contributed by atoms with Crippen LogP contribution in [-0.4, -0.2) is 54.5 Å². The monoisotopic (exact) mass is 328 g/mol. The second-order valence-corrected chi connectivity index (χ2v) is 6.35. The third-order valence-corrected chi connectivity index (χ3v) is 4.85. The molecular weight excluding hydrogens is 300 g/mol. The van der Waals surface area contributed by atoms with Gasteiger partial charge in [0.05, 0.1) is 19.0 Å². The van der Waals surface area contributed by atoms with E-state index in [0.717, 1.165) is 26.1 Å². The molecule has 5 heteroatoms. The molecule has 0 bridgehead atoms. The molecule has 1 aliphatic heterocycles. The van der Waals surface area contributed by atoms with Crippen molar-refractivity contribution < 1.29 is 4.79 Å². The second kappa shape index (κ2) is 9.41. The second-order valence-electron chi connectivity index (χ2n) is 6.35. The first-order valence-corrected chi connectivity index (χ1v) is 8.82. The van der Waals surface area contributed by atoms with E-state index in [1.807, 2.05) is 12.1 Å². The summed E-state index contributed by atoms with van der Waals surface area (Å²) in [6.45, 7) is 8.13. The summed E-state index contributed by atoms with van der Waals surface area (Å²) < 4.78 is 0. The molecule has 24 heavy (non-hydrogen) atoms. The number of carbonyl (C=O) groups is 1. The standard InChI is InChI=1S/C19H28N4O/c1-3-22(15-19(24)21-12-7-11-20)18-10-13-23(14-18)16(2)17-8-5-4-6-9-17/h4-6,8-9,16,18H,3,7,10,12-15H2,1-2H3,(H,21,24)/t16-,18+/m1/s1. The smallest absolute Gasteiger partial charge is 0.234 e. The Morgan fingerprint density at radius 3 is 2.88 bits per heavy atom. The van der Waals surface area contributed by atoms with Crippen LogP contribution in [0.4, 0.5) is 0 Å². The fraction of sp³-hybridized carbons (Fsp3) is 0.579. The molecule has 0 aromatic heterocycles. The Hall–Kier alpha value is -1.90. The number of carbonyl (C=O) groups excluding carboxylic acids is 1. The van der Waals surface area contributed by atoms with Crippen LogP contribution in [0.3, 0.4) is 0 Å². The van der Waals surface area contributed by atoms with Crippen molar-refractivity contribution in [1.29, 1.82) is 5.26 Å². The molecule has 0 radical (unpaired) electrons. The van der Waals surface area contributed by atoms with E-state index < -0.39 is 0 Å². The molecule has 0 spiro atoms. The Morgan fingerprint density at radius 2 is 2.21 bits per heavy atom. The SMILES string of the molecule is CCN(CC(=O)NCCC#N)[C@H]1CCN([C@H](C)c2ccccc2)C1. The van der Waals surface area contributed by atoms with E-state index in [2.05, 4.69) is 53.2 Å². The zero-order chi connectivity index (χ0) is 17.4. The maximum Gasteiger partial charge on any atom is 0.234 e. The number of amides is 1. The average molecular weight is 328 g/mol. The highest BCUT2D eigenvalue weighted by atomic mass is 16.2. The fourth-order valence-electron chi connectivity index (χ4n) is 3.36. The van der Waals surface area contributed by atoms with Crippen molar-refractivity contribution in [3.05, 3.63) is 35.9 Å². The van der Waals surface area contributed by atoms with Gasteiger partial charge in [-0.1, -0.05) is 37.3 Å². The van der Waals surface area contributed by atoms with Crippen molar-refractivity contribution in [2.75, 3.05) is 32.7 Å². The Balaban J connectivity index is 1.86. The number of nitrogens with zero attached hydrogens (tertiary/aromatic N) is 3. The Labute approximate surface area is 145 Å². The zero-order valence-electron chi connectivity index (χ0n) is 14.7. The van der Waals surface area contributed by atoms with Crippen molar-refractivity contribution in [3.8, 4) is 6.07 Å². The van der Waals surface area contributed by atoms with Crippen molar-refractivity contribution in [1.82, 2.24) is 15.1 Å². The highest BCUT2D eigenvalue weighted by Gasteiger charge is 2.30. The van der Waals surface area contributed by atoms with Crippen LogP contribution < -0.4 is 5.32 Å². The van der Waals surface area contributed by atoms with E-state index in [1.165, 1.54) is 5.56 Å². The zero-order valence-corrected chi connectivity index (χ0v) is 14.7. The van der Waals surface area contributed by atoms with Crippen LogP contribution in [-0.2, 0) is 4.79 Å². The summed E-state index contributed by atoms with van der Waals surface area (Å²) in [7, 11) is 0. The van der Waals surface area contributed by atoms with Crippen molar-refractivity contribution in [3.63, 3.8) is 0 Å². The van der Waals surface area contributed by atoms with Gasteiger partial charge in [0.15, 0.2) is 0 Å². The summed E-state index contributed by atoms with van der Waals surface area (Å²) in [6, 6.07) is 13.4. The van der Waals surface area contributed by atoms with Gasteiger partial charge in [0.25, 0.3) is 0 Å². The Kier molecular flexibility index (Phi) is 7.23. The topological polar surface area (TPSA) is 59.4 Å². The summed E-state index contributed by atoms with van der Waals surface area (Å²) in [5.74, 6) is 0.0154. The molecule has 1 saturated heterocycles. The van der Waals surface area contributed by atoms with Crippen molar-refractivity contribution in [2.24, 2.45) is 0 Å². The van der Waals surface area contributed by atoms with E-state index in [-0.39, 0.29) is 5.91 Å². The lowest BCUT2D eigenvalue weighted by atomic mass is 10.1. The highest BCUT2D eigenvalue weighted by molar-refractivity contribution is 5.78. The van der Waals surface area contributed by atoms with Gasteiger partial charge in [0.1, 0.15) is 0 Å². The normalized spacial score (nSPS) is 19.2. The van der Waals surface area contributed by atoms with Gasteiger partial charge in [-0.3, -0.25) is 14.6 Å². The van der Waals surface area contributed by atoms with Crippen LogP contribution in [0.2, 0.25) is 0 Å². The number of hydrogen-bond acceptors (Lipinski definition) is 4. The molecule has 1 fully saturated rings. The minimum absolute atomic E-state index is 0.0154. The minimum Gasteiger partial charge on any atom is -0.354 e. The van der Waals surface area contributed by atoms with E-state index >= 15 is 0 Å². The number of likely N-dealkylation sites (N-methyl/N-ethyl adjacent to an activating group) is 1. The van der Waals surface area contributed by atoms with Gasteiger partial charge in [-0.2, -0.15) is 5.26 Å². The average Bonchev–Trinajstić information content (AvgIpc) is 3.10. The highest BCUT2D eigenvalue weighted by Crippen LogP contribution is 2.26. The molecule has 1 aromatic rings. The first-order chi connectivity index (χ1) is 11.7. The molecule has 0 unspecified atom stereocenters. The van der Waals surface area contributed by atoms with Crippen molar-refractivity contribution in [2.45, 2.75) is 38.8 Å². The third-order valence-electron chi connectivity index (χ3n) is 4.85. The molecule has 0 saturated carbocycles. The van der Waals surface area contributed by atoms with Crippen molar-refractivity contribution >= 4 is 5.91 Å². The third kappa shape index (κ3) is 5.05. The molecular formula is C19H28N4O. The van der Waals surface area contributed by atoms with E-state index in [0.29, 0.717) is 31.6 Å². The van der Waals surface area contributed by atoms with E-state index in [9.17, 15) is 4.79 Å². The van der Waals surface area contributed by atoms with Crippen LogP contribution in [0.25, 0.3) is 0 Å². The molecule has 130 valence electrons. The lowest BCUT2D eigenvalue weighted by Gasteiger charge is -2.29. The predicted molar refractivity (Wildman–Crippen MR) is 95.3 cm³/mol. The fourth-order valence-corrected chi connectivity index (χ4v) is 3.36. The molecule has 1 amide bonds. The number of hydrogen-bond donors (Lipinski definition) is 1. The maximum atomic E-state index is 12.0. The molecule has 1 aliphatic rings. The largest absolute Gasteiger partial charge is 0.354 e. The van der Waals surface area contributed by atoms with Gasteiger partial charge in [-0.05, 0) is 25.5 Å². The van der Waals surface area contributed by atoms with E-state index in [4.69, 9.17) is 5.26 Å². The van der Waals surface area contributed by atoms with Gasteiger partial charge in [0, 0.05) is 31.7 Å². The number of benzene rings is 1. The lowest BCUT2D eigenvalue weighted by Crippen LogP contribution is -2.44. The Bertz CT molecular complexity index is 554. The molecule has 1 N–H and O–H groups in total. The summed E-state index contributed by atoms with van der Waals surface area (Å²) >= 11 is 0. The molecule has 1 aromatic carbocycles. The summed E-state index contributed by atoms with van der Waals surface area (Å²) in [4.78, 5) is 16.8. The number of likely N-dealkylation sites (tertiary alicyclic amines) is 1. The van der Waals surface area contributed by atoms with Gasteiger partial charge >= 0.3 is 0 Å². The predicted octanol–water partition coefficient (Wildman–Crippen LogP) is 2.17. The first-order valence-electron chi connectivity index (χ1n) is 8.82. The van der Waals surface area contributed by atoms with Crippen LogP contribution in [0.15, 0.2) is 30.3 Å². The minimum atomic E-state index is 0.0154. The van der Waals surface area contributed by atoms with Gasteiger partial charge in [0.2, 0.25) is 5.91 Å². The number of rotatable bonds is 8. The Morgan fingerprint density at radius 1 is 1.46 bits per heavy atom. The van der Waals surface area contributed by atoms with E-state index in [1.54, 1.807) is 0 Å². The molecule has 2 rings (SSSR count). The molecule has 5 nitrogen and oxygen atoms in total. The first kappa shape index (κ1) is 18.4. The lowest BCUT2D eigenvalue weighted by molar-refractivity contribution is -0.122. The molecule has 0 aliphatic carbocycles. The maximum absolute atomic E-state index is 12.0. The summed E-state index contributed by atoms with van der Waals surface area (Å²) in [5, 5.41) is 11.4.